The van der Waals surface area contributed by atoms with E-state index in [9.17, 15) is 13.6 Å². The molecule has 0 saturated heterocycles. The number of carbonyl (C=O) groups excluding carboxylic acids is 1. The first-order valence-electron chi connectivity index (χ1n) is 4.75. The van der Waals surface area contributed by atoms with Gasteiger partial charge in [0, 0.05) is 12.7 Å². The number of methoxy groups -OCH3 is 1. The summed E-state index contributed by atoms with van der Waals surface area (Å²) in [6.45, 7) is -0.187. The molecule has 0 saturated carbocycles. The molecule has 0 aliphatic heterocycles. The zero-order chi connectivity index (χ0) is 12.1. The fourth-order valence-electron chi connectivity index (χ4n) is 1.35. The topological polar surface area (TPSA) is 38.3 Å². The second kappa shape index (κ2) is 5.67. The molecular weight excluding hydrogens is 216 g/mol. The van der Waals surface area contributed by atoms with Gasteiger partial charge in [-0.25, -0.2) is 8.78 Å². The number of hydrogen-bond donors (Lipinski definition) is 1. The van der Waals surface area contributed by atoms with Crippen molar-refractivity contribution in [2.75, 3.05) is 20.7 Å². The molecule has 0 aliphatic rings. The first-order valence-corrected chi connectivity index (χ1v) is 4.75. The Morgan fingerprint density at radius 3 is 2.69 bits per heavy atom. The summed E-state index contributed by atoms with van der Waals surface area (Å²) in [6, 6.07) is 2.21. The minimum absolute atomic E-state index is 0.00890. The highest BCUT2D eigenvalue weighted by Gasteiger charge is 2.17. The van der Waals surface area contributed by atoms with Crippen LogP contribution in [0.5, 0.6) is 0 Å². The molecule has 5 heteroatoms. The second-order valence-corrected chi connectivity index (χ2v) is 3.27. The van der Waals surface area contributed by atoms with Crippen LogP contribution in [0.2, 0.25) is 0 Å². The average Bonchev–Trinajstić information content (AvgIpc) is 2.24. The van der Waals surface area contributed by atoms with Crippen molar-refractivity contribution < 1.29 is 18.3 Å². The van der Waals surface area contributed by atoms with Crippen LogP contribution in [0.1, 0.15) is 15.9 Å². The normalized spacial score (nSPS) is 10.5. The smallest absolute Gasteiger partial charge is 0.179 e. The van der Waals surface area contributed by atoms with Crippen LogP contribution in [0, 0.1) is 11.6 Å². The van der Waals surface area contributed by atoms with Crippen LogP contribution in [-0.2, 0) is 11.3 Å². The molecule has 0 aromatic heterocycles. The first kappa shape index (κ1) is 12.7. The van der Waals surface area contributed by atoms with Gasteiger partial charge in [-0.15, -0.1) is 0 Å². The molecule has 1 N–H and O–H groups in total. The highest BCUT2D eigenvalue weighted by atomic mass is 19.1. The van der Waals surface area contributed by atoms with Crippen molar-refractivity contribution in [1.82, 2.24) is 5.32 Å². The van der Waals surface area contributed by atoms with Gasteiger partial charge in [0.15, 0.2) is 5.78 Å². The highest BCUT2D eigenvalue weighted by molar-refractivity contribution is 5.98. The van der Waals surface area contributed by atoms with Gasteiger partial charge in [-0.3, -0.25) is 4.79 Å². The van der Waals surface area contributed by atoms with Gasteiger partial charge in [-0.1, -0.05) is 0 Å². The van der Waals surface area contributed by atoms with Crippen molar-refractivity contribution >= 4 is 5.78 Å². The molecule has 1 aromatic carbocycles. The minimum atomic E-state index is -0.845. The van der Waals surface area contributed by atoms with Crippen molar-refractivity contribution in [2.24, 2.45) is 0 Å². The number of likely N-dealkylation sites (N-methyl/N-ethyl adjacent to an activating group) is 1. The molecule has 0 radical (unpaired) electrons. The lowest BCUT2D eigenvalue weighted by Gasteiger charge is -2.08. The predicted octanol–water partition coefficient (Wildman–Crippen LogP) is 1.51. The van der Waals surface area contributed by atoms with Crippen LogP contribution >= 0.6 is 0 Å². The van der Waals surface area contributed by atoms with Gasteiger partial charge in [0.1, 0.15) is 11.6 Å². The van der Waals surface area contributed by atoms with Gasteiger partial charge in [-0.05, 0) is 19.2 Å². The van der Waals surface area contributed by atoms with Crippen molar-refractivity contribution in [3.63, 3.8) is 0 Å². The summed E-state index contributed by atoms with van der Waals surface area (Å²) < 4.78 is 31.6. The molecule has 1 aromatic rings. The standard InChI is InChI=1S/C11H13F2NO2/c1-14-5-10(15)7-3-4-9(12)8(6-16-2)11(7)13/h3-4,14H,5-6H2,1-2H3. The highest BCUT2D eigenvalue weighted by Crippen LogP contribution is 2.18. The molecule has 0 atom stereocenters. The molecule has 0 aliphatic carbocycles. The number of carbonyl (C=O) groups is 1. The molecule has 0 unspecified atom stereocenters. The van der Waals surface area contributed by atoms with Gasteiger partial charge in [-0.2, -0.15) is 0 Å². The van der Waals surface area contributed by atoms with E-state index in [0.717, 1.165) is 12.1 Å². The molecule has 16 heavy (non-hydrogen) atoms. The average molecular weight is 229 g/mol. The van der Waals surface area contributed by atoms with Crippen molar-refractivity contribution in [1.29, 1.82) is 0 Å². The van der Waals surface area contributed by atoms with Gasteiger partial charge in [0.25, 0.3) is 0 Å². The van der Waals surface area contributed by atoms with Crippen LogP contribution in [0.3, 0.4) is 0 Å². The van der Waals surface area contributed by atoms with E-state index in [0.29, 0.717) is 0 Å². The van der Waals surface area contributed by atoms with Crippen LogP contribution < -0.4 is 5.32 Å². The Labute approximate surface area is 92.4 Å². The maximum Gasteiger partial charge on any atom is 0.179 e. The van der Waals surface area contributed by atoms with E-state index in [-0.39, 0.29) is 24.3 Å². The molecule has 3 nitrogen and oxygen atoms in total. The van der Waals surface area contributed by atoms with Crippen LogP contribution in [0.4, 0.5) is 8.78 Å². The molecule has 0 amide bonds. The monoisotopic (exact) mass is 229 g/mol. The van der Waals surface area contributed by atoms with Crippen LogP contribution in [0.15, 0.2) is 12.1 Å². The number of benzene rings is 1. The Bertz CT molecular complexity index is 394. The minimum Gasteiger partial charge on any atom is -0.380 e. The van der Waals surface area contributed by atoms with Crippen LogP contribution in [0.25, 0.3) is 0 Å². The number of ketones is 1. The second-order valence-electron chi connectivity index (χ2n) is 3.27. The Kier molecular flexibility index (Phi) is 4.52. The molecule has 0 bridgehead atoms. The fraction of sp³-hybridized carbons (Fsp3) is 0.364. The van der Waals surface area contributed by atoms with Gasteiger partial charge >= 0.3 is 0 Å². The van der Waals surface area contributed by atoms with Gasteiger partial charge in [0.2, 0.25) is 0 Å². The summed E-state index contributed by atoms with van der Waals surface area (Å²) in [4.78, 5) is 11.5. The Hall–Kier alpha value is -1.33. The predicted molar refractivity (Wildman–Crippen MR) is 55.3 cm³/mol. The SMILES string of the molecule is CNCC(=O)c1ccc(F)c(COC)c1F. The van der Waals surface area contributed by atoms with Gasteiger partial charge in [0.05, 0.1) is 18.7 Å². The summed E-state index contributed by atoms with van der Waals surface area (Å²) >= 11 is 0. The summed E-state index contributed by atoms with van der Waals surface area (Å²) in [6.07, 6.45) is 0. The third-order valence-corrected chi connectivity index (χ3v) is 2.11. The third kappa shape index (κ3) is 2.62. The molecular formula is C11H13F2NO2. The lowest BCUT2D eigenvalue weighted by molar-refractivity contribution is 0.0988. The van der Waals surface area contributed by atoms with Gasteiger partial charge < -0.3 is 10.1 Å². The maximum absolute atomic E-state index is 13.7. The summed E-state index contributed by atoms with van der Waals surface area (Å²) in [7, 11) is 2.91. The zero-order valence-corrected chi connectivity index (χ0v) is 9.14. The molecule has 1 rings (SSSR count). The number of nitrogens with one attached hydrogen (secondary N) is 1. The van der Waals surface area contributed by atoms with E-state index >= 15 is 0 Å². The quantitative estimate of drug-likeness (QED) is 0.778. The van der Waals surface area contributed by atoms with E-state index in [2.05, 4.69) is 10.1 Å². The maximum atomic E-state index is 13.7. The molecule has 0 fully saturated rings. The Morgan fingerprint density at radius 2 is 2.12 bits per heavy atom. The number of ether oxygens (including phenoxy) is 1. The zero-order valence-electron chi connectivity index (χ0n) is 9.14. The number of hydrogen-bond acceptors (Lipinski definition) is 3. The van der Waals surface area contributed by atoms with E-state index in [1.54, 1.807) is 7.05 Å². The molecule has 88 valence electrons. The summed E-state index contributed by atoms with van der Waals surface area (Å²) in [5.41, 5.74) is -0.341. The summed E-state index contributed by atoms with van der Waals surface area (Å²) in [5.74, 6) is -1.97. The Balaban J connectivity index is 3.12. The van der Waals surface area contributed by atoms with E-state index in [1.165, 1.54) is 7.11 Å². The number of Topliss-reactive ketones (excluding diaryl/α,β-unsaturated/α-hetero) is 1. The number of halogens is 2. The lowest BCUT2D eigenvalue weighted by atomic mass is 10.1. The summed E-state index contributed by atoms with van der Waals surface area (Å²) in [5, 5.41) is 2.62. The van der Waals surface area contributed by atoms with Crippen LogP contribution in [-0.4, -0.2) is 26.5 Å². The Morgan fingerprint density at radius 1 is 1.44 bits per heavy atom. The van der Waals surface area contributed by atoms with E-state index in [1.807, 2.05) is 0 Å². The van der Waals surface area contributed by atoms with Crippen molar-refractivity contribution in [3.05, 3.63) is 34.9 Å². The lowest BCUT2D eigenvalue weighted by Crippen LogP contribution is -2.20. The first-order chi connectivity index (χ1) is 7.61. The largest absolute Gasteiger partial charge is 0.380 e. The molecule has 0 heterocycles. The van der Waals surface area contributed by atoms with E-state index < -0.39 is 17.4 Å². The third-order valence-electron chi connectivity index (χ3n) is 2.11. The molecule has 0 spiro atoms. The van der Waals surface area contributed by atoms with Crippen molar-refractivity contribution in [2.45, 2.75) is 6.61 Å². The van der Waals surface area contributed by atoms with Crippen molar-refractivity contribution in [3.8, 4) is 0 Å². The van der Waals surface area contributed by atoms with E-state index in [4.69, 9.17) is 0 Å². The number of rotatable bonds is 5. The fourth-order valence-corrected chi connectivity index (χ4v) is 1.35.